The van der Waals surface area contributed by atoms with E-state index in [9.17, 15) is 26.7 Å². The van der Waals surface area contributed by atoms with Gasteiger partial charge in [-0.25, -0.2) is 8.78 Å². The van der Waals surface area contributed by atoms with E-state index in [1.165, 1.54) is 0 Å². The van der Waals surface area contributed by atoms with Crippen LogP contribution in [0.2, 0.25) is 0 Å². The number of carbonyl (C=O) groups is 1. The molecule has 1 amide bonds. The molecule has 18 heavy (non-hydrogen) atoms. The Kier molecular flexibility index (Phi) is 4.66. The summed E-state index contributed by atoms with van der Waals surface area (Å²) in [6.45, 7) is 0. The molecule has 0 aliphatic carbocycles. The molecular formula is C10H7BrF5NO. The predicted octanol–water partition coefficient (Wildman–Crippen LogP) is 4.01. The van der Waals surface area contributed by atoms with Crippen molar-refractivity contribution in [3.8, 4) is 0 Å². The van der Waals surface area contributed by atoms with E-state index < -0.39 is 42.2 Å². The van der Waals surface area contributed by atoms with Crippen LogP contribution in [0.25, 0.3) is 0 Å². The van der Waals surface area contributed by atoms with Crippen LogP contribution in [0.1, 0.15) is 12.8 Å². The molecule has 1 aromatic rings. The standard InChI is InChI=1S/C10H7BrF5NO/c11-5-3-6(12)9(7(13)4-5)17-8(18)1-2-10(14,15)16/h3-4H,1-2H2,(H,17,18). The van der Waals surface area contributed by atoms with Crippen LogP contribution in [0.4, 0.5) is 27.6 Å². The van der Waals surface area contributed by atoms with Gasteiger partial charge in [-0.3, -0.25) is 4.79 Å². The summed E-state index contributed by atoms with van der Waals surface area (Å²) in [7, 11) is 0. The zero-order valence-electron chi connectivity index (χ0n) is 8.74. The number of rotatable bonds is 3. The number of carbonyl (C=O) groups excluding carboxylic acids is 1. The van der Waals surface area contributed by atoms with Crippen LogP contribution in [0.5, 0.6) is 0 Å². The van der Waals surface area contributed by atoms with Gasteiger partial charge in [0.2, 0.25) is 5.91 Å². The van der Waals surface area contributed by atoms with Crippen molar-refractivity contribution < 1.29 is 26.7 Å². The second-order valence-corrected chi connectivity index (χ2v) is 4.32. The zero-order chi connectivity index (χ0) is 13.9. The Hall–Kier alpha value is -1.18. The molecule has 100 valence electrons. The Morgan fingerprint density at radius 1 is 1.22 bits per heavy atom. The number of nitrogens with one attached hydrogen (secondary N) is 1. The van der Waals surface area contributed by atoms with Crippen molar-refractivity contribution in [3.63, 3.8) is 0 Å². The number of halogens is 6. The lowest BCUT2D eigenvalue weighted by atomic mass is 10.2. The number of hydrogen-bond acceptors (Lipinski definition) is 1. The van der Waals surface area contributed by atoms with E-state index in [1.54, 1.807) is 5.32 Å². The minimum absolute atomic E-state index is 0.116. The Balaban J connectivity index is 2.71. The number of benzene rings is 1. The van der Waals surface area contributed by atoms with Crippen LogP contribution in [0.3, 0.4) is 0 Å². The van der Waals surface area contributed by atoms with Crippen molar-refractivity contribution in [3.05, 3.63) is 28.2 Å². The summed E-state index contributed by atoms with van der Waals surface area (Å²) in [6.07, 6.45) is -6.73. The van der Waals surface area contributed by atoms with Crippen LogP contribution in [0.15, 0.2) is 16.6 Å². The van der Waals surface area contributed by atoms with Crippen LogP contribution in [-0.4, -0.2) is 12.1 Å². The first-order valence-corrected chi connectivity index (χ1v) is 5.49. The van der Waals surface area contributed by atoms with E-state index >= 15 is 0 Å². The van der Waals surface area contributed by atoms with Gasteiger partial charge < -0.3 is 5.32 Å². The number of anilines is 1. The molecule has 0 aliphatic heterocycles. The fourth-order valence-electron chi connectivity index (χ4n) is 1.12. The monoisotopic (exact) mass is 331 g/mol. The summed E-state index contributed by atoms with van der Waals surface area (Å²) in [4.78, 5) is 11.1. The molecule has 0 aliphatic rings. The summed E-state index contributed by atoms with van der Waals surface area (Å²) in [5, 5.41) is 1.77. The first-order chi connectivity index (χ1) is 8.19. The van der Waals surface area contributed by atoms with Crippen molar-refractivity contribution in [1.29, 1.82) is 0 Å². The normalized spacial score (nSPS) is 11.4. The van der Waals surface area contributed by atoms with Crippen molar-refractivity contribution >= 4 is 27.5 Å². The maximum atomic E-state index is 13.2. The smallest absolute Gasteiger partial charge is 0.321 e. The van der Waals surface area contributed by atoms with E-state index in [0.717, 1.165) is 12.1 Å². The maximum Gasteiger partial charge on any atom is 0.389 e. The second kappa shape index (κ2) is 5.64. The molecule has 1 aromatic carbocycles. The van der Waals surface area contributed by atoms with Gasteiger partial charge >= 0.3 is 6.18 Å². The van der Waals surface area contributed by atoms with Gasteiger partial charge in [-0.15, -0.1) is 0 Å². The molecule has 0 saturated heterocycles. The van der Waals surface area contributed by atoms with Crippen LogP contribution < -0.4 is 5.32 Å². The zero-order valence-corrected chi connectivity index (χ0v) is 10.3. The maximum absolute atomic E-state index is 13.2. The Bertz CT molecular complexity index is 437. The summed E-state index contributed by atoms with van der Waals surface area (Å²) < 4.78 is 62.1. The van der Waals surface area contributed by atoms with Gasteiger partial charge in [-0.1, -0.05) is 15.9 Å². The molecule has 0 saturated carbocycles. The average Bonchev–Trinajstić information content (AvgIpc) is 2.19. The predicted molar refractivity (Wildman–Crippen MR) is 58.0 cm³/mol. The van der Waals surface area contributed by atoms with Crippen LogP contribution in [0, 0.1) is 11.6 Å². The summed E-state index contributed by atoms with van der Waals surface area (Å²) in [5.41, 5.74) is -0.759. The minimum atomic E-state index is -4.49. The molecule has 8 heteroatoms. The van der Waals surface area contributed by atoms with Crippen molar-refractivity contribution in [2.45, 2.75) is 19.0 Å². The van der Waals surface area contributed by atoms with E-state index in [0.29, 0.717) is 0 Å². The fourth-order valence-corrected chi connectivity index (χ4v) is 1.52. The molecule has 0 spiro atoms. The lowest BCUT2D eigenvalue weighted by molar-refractivity contribution is -0.142. The van der Waals surface area contributed by atoms with Gasteiger partial charge in [-0.2, -0.15) is 13.2 Å². The highest BCUT2D eigenvalue weighted by Crippen LogP contribution is 2.25. The van der Waals surface area contributed by atoms with Crippen molar-refractivity contribution in [1.82, 2.24) is 0 Å². The van der Waals surface area contributed by atoms with E-state index in [4.69, 9.17) is 0 Å². The molecule has 0 fully saturated rings. The second-order valence-electron chi connectivity index (χ2n) is 3.41. The van der Waals surface area contributed by atoms with Crippen molar-refractivity contribution in [2.75, 3.05) is 5.32 Å². The Morgan fingerprint density at radius 2 is 1.72 bits per heavy atom. The fraction of sp³-hybridized carbons (Fsp3) is 0.300. The molecule has 0 bridgehead atoms. The topological polar surface area (TPSA) is 29.1 Å². The highest BCUT2D eigenvalue weighted by molar-refractivity contribution is 9.10. The molecule has 0 atom stereocenters. The van der Waals surface area contributed by atoms with Gasteiger partial charge in [-0.05, 0) is 12.1 Å². The van der Waals surface area contributed by atoms with Crippen LogP contribution >= 0.6 is 15.9 Å². The Morgan fingerprint density at radius 3 is 2.17 bits per heavy atom. The van der Waals surface area contributed by atoms with E-state index in [1.807, 2.05) is 0 Å². The van der Waals surface area contributed by atoms with Gasteiger partial charge in [0, 0.05) is 10.9 Å². The van der Waals surface area contributed by atoms with E-state index in [-0.39, 0.29) is 4.47 Å². The first-order valence-electron chi connectivity index (χ1n) is 4.70. The quantitative estimate of drug-likeness (QED) is 0.833. The van der Waals surface area contributed by atoms with Gasteiger partial charge in [0.1, 0.15) is 5.69 Å². The highest BCUT2D eigenvalue weighted by Gasteiger charge is 2.28. The van der Waals surface area contributed by atoms with Gasteiger partial charge in [0.05, 0.1) is 6.42 Å². The molecule has 0 unspecified atom stereocenters. The number of alkyl halides is 3. The molecule has 1 rings (SSSR count). The first kappa shape index (κ1) is 14.9. The molecule has 0 radical (unpaired) electrons. The van der Waals surface area contributed by atoms with E-state index in [2.05, 4.69) is 15.9 Å². The van der Waals surface area contributed by atoms with Crippen LogP contribution in [-0.2, 0) is 4.79 Å². The summed E-state index contributed by atoms with van der Waals surface area (Å²) in [5.74, 6) is -3.24. The van der Waals surface area contributed by atoms with Gasteiger partial charge in [0.15, 0.2) is 11.6 Å². The Labute approximate surface area is 107 Å². The third-order valence-electron chi connectivity index (χ3n) is 1.91. The average molecular weight is 332 g/mol. The third kappa shape index (κ3) is 4.59. The minimum Gasteiger partial charge on any atom is -0.321 e. The number of hydrogen-bond donors (Lipinski definition) is 1. The SMILES string of the molecule is O=C(CCC(F)(F)F)Nc1c(F)cc(Br)cc1F. The summed E-state index contributed by atoms with van der Waals surface area (Å²) in [6, 6.07) is 1.78. The van der Waals surface area contributed by atoms with Crippen molar-refractivity contribution in [2.24, 2.45) is 0 Å². The third-order valence-corrected chi connectivity index (χ3v) is 2.36. The number of amides is 1. The highest BCUT2D eigenvalue weighted by atomic mass is 79.9. The van der Waals surface area contributed by atoms with Gasteiger partial charge in [0.25, 0.3) is 0 Å². The summed E-state index contributed by atoms with van der Waals surface area (Å²) >= 11 is 2.83. The lowest BCUT2D eigenvalue weighted by Crippen LogP contribution is -2.18. The molecule has 0 aromatic heterocycles. The lowest BCUT2D eigenvalue weighted by Gasteiger charge is -2.09. The molecular weight excluding hydrogens is 325 g/mol. The molecule has 1 N–H and O–H groups in total. The largest absolute Gasteiger partial charge is 0.389 e. The molecule has 2 nitrogen and oxygen atoms in total. The molecule has 0 heterocycles.